The summed E-state index contributed by atoms with van der Waals surface area (Å²) < 4.78 is 5.19. The molecule has 0 aliphatic carbocycles. The van der Waals surface area contributed by atoms with Crippen LogP contribution < -0.4 is 10.2 Å². The Labute approximate surface area is 191 Å². The second-order valence-corrected chi connectivity index (χ2v) is 8.06. The Morgan fingerprint density at radius 2 is 1.36 bits per heavy atom. The lowest BCUT2D eigenvalue weighted by atomic mass is 10.1. The lowest BCUT2D eigenvalue weighted by molar-refractivity contribution is 0.0458. The monoisotopic (exact) mass is 442 g/mol. The Morgan fingerprint density at radius 3 is 1.91 bits per heavy atom. The fourth-order valence-corrected chi connectivity index (χ4v) is 3.40. The minimum absolute atomic E-state index is 0.246. The molecule has 166 valence electrons. The van der Waals surface area contributed by atoms with Crippen LogP contribution in [0.15, 0.2) is 72.8 Å². The summed E-state index contributed by atoms with van der Waals surface area (Å²) in [5, 5.41) is 2.76. The van der Waals surface area contributed by atoms with Crippen molar-refractivity contribution < 1.29 is 23.9 Å². The van der Waals surface area contributed by atoms with Crippen LogP contribution in [0.25, 0.3) is 0 Å². The van der Waals surface area contributed by atoms with E-state index in [0.29, 0.717) is 40.2 Å². The minimum atomic E-state index is -0.412. The van der Waals surface area contributed by atoms with Crippen molar-refractivity contribution in [2.24, 2.45) is 5.92 Å². The number of carbonyl (C=O) groups excluding carboxylic acids is 4. The van der Waals surface area contributed by atoms with E-state index in [0.717, 1.165) is 4.90 Å². The van der Waals surface area contributed by atoms with Gasteiger partial charge in [0.05, 0.1) is 29.0 Å². The number of hydrogen-bond donors (Lipinski definition) is 1. The van der Waals surface area contributed by atoms with Crippen molar-refractivity contribution in [2.75, 3.05) is 16.8 Å². The second-order valence-electron chi connectivity index (χ2n) is 8.06. The van der Waals surface area contributed by atoms with E-state index in [9.17, 15) is 19.2 Å². The van der Waals surface area contributed by atoms with Gasteiger partial charge in [0.25, 0.3) is 17.7 Å². The van der Waals surface area contributed by atoms with Crippen molar-refractivity contribution in [1.82, 2.24) is 0 Å². The molecule has 3 aromatic rings. The summed E-state index contributed by atoms with van der Waals surface area (Å²) in [5.41, 5.74) is 2.39. The first-order valence-electron chi connectivity index (χ1n) is 10.5. The molecule has 7 nitrogen and oxygen atoms in total. The molecule has 4 rings (SSSR count). The highest BCUT2D eigenvalue weighted by atomic mass is 16.5. The predicted molar refractivity (Wildman–Crippen MR) is 124 cm³/mol. The Balaban J connectivity index is 1.42. The molecule has 0 unspecified atom stereocenters. The van der Waals surface area contributed by atoms with Crippen LogP contribution in [-0.4, -0.2) is 30.3 Å². The third kappa shape index (κ3) is 4.52. The van der Waals surface area contributed by atoms with Gasteiger partial charge in [-0.05, 0) is 66.6 Å². The number of anilines is 2. The van der Waals surface area contributed by atoms with Crippen molar-refractivity contribution >= 4 is 35.1 Å². The number of rotatable bonds is 6. The van der Waals surface area contributed by atoms with Crippen molar-refractivity contribution in [1.29, 1.82) is 0 Å². The van der Waals surface area contributed by atoms with Gasteiger partial charge in [0.15, 0.2) is 0 Å². The van der Waals surface area contributed by atoms with Gasteiger partial charge in [-0.25, -0.2) is 9.69 Å². The Kier molecular flexibility index (Phi) is 6.04. The fourth-order valence-electron chi connectivity index (χ4n) is 3.40. The molecule has 0 atom stereocenters. The van der Waals surface area contributed by atoms with E-state index in [1.165, 1.54) is 0 Å². The quantitative estimate of drug-likeness (QED) is 0.447. The highest BCUT2D eigenvalue weighted by Crippen LogP contribution is 2.28. The molecule has 1 heterocycles. The van der Waals surface area contributed by atoms with E-state index in [2.05, 4.69) is 5.32 Å². The summed E-state index contributed by atoms with van der Waals surface area (Å²) in [6.07, 6.45) is 0. The maximum atomic E-state index is 12.6. The maximum absolute atomic E-state index is 12.6. The summed E-state index contributed by atoms with van der Waals surface area (Å²) in [5.74, 6) is -1.31. The zero-order valence-corrected chi connectivity index (χ0v) is 18.2. The van der Waals surface area contributed by atoms with Gasteiger partial charge in [-0.2, -0.15) is 0 Å². The molecule has 0 spiro atoms. The fraction of sp³-hybridized carbons (Fsp3) is 0.154. The lowest BCUT2D eigenvalue weighted by Gasteiger charge is -2.14. The SMILES string of the molecule is CC(C)COC(=O)c1ccc(NC(=O)c2ccc(N3C(=O)c4ccccc4C3=O)cc2)cc1. The number of imide groups is 1. The molecule has 0 saturated heterocycles. The third-order valence-corrected chi connectivity index (χ3v) is 5.11. The number of esters is 1. The number of nitrogens with zero attached hydrogens (tertiary/aromatic N) is 1. The van der Waals surface area contributed by atoms with Crippen molar-refractivity contribution in [3.8, 4) is 0 Å². The van der Waals surface area contributed by atoms with Gasteiger partial charge in [0.1, 0.15) is 0 Å². The summed E-state index contributed by atoms with van der Waals surface area (Å²) >= 11 is 0. The smallest absolute Gasteiger partial charge is 0.338 e. The summed E-state index contributed by atoms with van der Waals surface area (Å²) in [4.78, 5) is 50.9. The van der Waals surface area contributed by atoms with Crippen LogP contribution in [0.1, 0.15) is 55.3 Å². The molecular formula is C26H22N2O5. The van der Waals surface area contributed by atoms with Crippen molar-refractivity contribution in [2.45, 2.75) is 13.8 Å². The van der Waals surface area contributed by atoms with E-state index in [4.69, 9.17) is 4.74 Å². The van der Waals surface area contributed by atoms with Gasteiger partial charge in [-0.1, -0.05) is 26.0 Å². The zero-order valence-electron chi connectivity index (χ0n) is 18.2. The summed E-state index contributed by atoms with van der Waals surface area (Å²) in [6, 6.07) is 19.3. The van der Waals surface area contributed by atoms with E-state index in [1.807, 2.05) is 13.8 Å². The van der Waals surface area contributed by atoms with Crippen molar-refractivity contribution in [3.05, 3.63) is 95.1 Å². The molecule has 1 N–H and O–H groups in total. The number of hydrogen-bond acceptors (Lipinski definition) is 5. The van der Waals surface area contributed by atoms with Gasteiger partial charge in [-0.15, -0.1) is 0 Å². The molecule has 3 amide bonds. The lowest BCUT2D eigenvalue weighted by Crippen LogP contribution is -2.29. The molecule has 1 aliphatic heterocycles. The molecule has 33 heavy (non-hydrogen) atoms. The number of ether oxygens (including phenoxy) is 1. The molecule has 0 aromatic heterocycles. The third-order valence-electron chi connectivity index (χ3n) is 5.11. The van der Waals surface area contributed by atoms with Gasteiger partial charge < -0.3 is 10.1 Å². The van der Waals surface area contributed by atoms with Crippen molar-refractivity contribution in [3.63, 3.8) is 0 Å². The molecule has 1 aliphatic rings. The highest BCUT2D eigenvalue weighted by Gasteiger charge is 2.36. The largest absolute Gasteiger partial charge is 0.462 e. The highest BCUT2D eigenvalue weighted by molar-refractivity contribution is 6.34. The van der Waals surface area contributed by atoms with E-state index >= 15 is 0 Å². The normalized spacial score (nSPS) is 12.6. The first-order chi connectivity index (χ1) is 15.8. The summed E-state index contributed by atoms with van der Waals surface area (Å²) in [7, 11) is 0. The van der Waals surface area contributed by atoms with Gasteiger partial charge in [-0.3, -0.25) is 14.4 Å². The number of nitrogens with one attached hydrogen (secondary N) is 1. The number of benzene rings is 3. The van der Waals surface area contributed by atoms with Gasteiger partial charge in [0.2, 0.25) is 0 Å². The van der Waals surface area contributed by atoms with Gasteiger partial charge in [0, 0.05) is 11.3 Å². The number of carbonyl (C=O) groups is 4. The minimum Gasteiger partial charge on any atom is -0.462 e. The standard InChI is InChI=1S/C26H22N2O5/c1-16(2)15-33-26(32)18-7-11-19(12-8-18)27-23(29)17-9-13-20(14-10-17)28-24(30)21-5-3-4-6-22(21)25(28)31/h3-14,16H,15H2,1-2H3,(H,27,29). The van der Waals surface area contributed by atoms with Crippen LogP contribution in [0.4, 0.5) is 11.4 Å². The van der Waals surface area contributed by atoms with Crippen LogP contribution in [0.2, 0.25) is 0 Å². The molecule has 0 fully saturated rings. The first kappa shape index (κ1) is 22.0. The van der Waals surface area contributed by atoms with E-state index in [1.54, 1.807) is 72.8 Å². The second kappa shape index (κ2) is 9.08. The summed E-state index contributed by atoms with van der Waals surface area (Å²) in [6.45, 7) is 4.25. The number of fused-ring (bicyclic) bond motifs is 1. The van der Waals surface area contributed by atoms with Crippen LogP contribution in [0.3, 0.4) is 0 Å². The predicted octanol–water partition coefficient (Wildman–Crippen LogP) is 4.55. The molecule has 0 bridgehead atoms. The van der Waals surface area contributed by atoms with Gasteiger partial charge >= 0.3 is 5.97 Å². The van der Waals surface area contributed by atoms with Crippen LogP contribution in [0.5, 0.6) is 0 Å². The Morgan fingerprint density at radius 1 is 0.818 bits per heavy atom. The first-order valence-corrected chi connectivity index (χ1v) is 10.5. The zero-order chi connectivity index (χ0) is 23.5. The molecule has 3 aromatic carbocycles. The average molecular weight is 442 g/mol. The Bertz CT molecular complexity index is 1200. The van der Waals surface area contributed by atoms with E-state index < -0.39 is 5.97 Å². The molecule has 0 radical (unpaired) electrons. The molecular weight excluding hydrogens is 420 g/mol. The number of amides is 3. The molecule has 7 heteroatoms. The van der Waals surface area contributed by atoms with Crippen LogP contribution >= 0.6 is 0 Å². The van der Waals surface area contributed by atoms with Crippen LogP contribution in [-0.2, 0) is 4.74 Å². The van der Waals surface area contributed by atoms with E-state index in [-0.39, 0.29) is 23.6 Å². The maximum Gasteiger partial charge on any atom is 0.338 e. The Hall–Kier alpha value is -4.26. The molecule has 0 saturated carbocycles. The van der Waals surface area contributed by atoms with Crippen LogP contribution in [0, 0.1) is 5.92 Å². The topological polar surface area (TPSA) is 92.8 Å². The average Bonchev–Trinajstić information content (AvgIpc) is 3.08.